The molecule has 3 aliphatic heterocycles. The minimum Gasteiger partial charge on any atom is -0.387 e. The number of carbonyl (C=O) groups excluding carboxylic acids is 1. The minimum atomic E-state index is -0.796. The van der Waals surface area contributed by atoms with Gasteiger partial charge in [-0.2, -0.15) is 5.26 Å². The van der Waals surface area contributed by atoms with Gasteiger partial charge in [0.15, 0.2) is 10.9 Å². The van der Waals surface area contributed by atoms with Crippen molar-refractivity contribution >= 4 is 44.7 Å². The number of benzene rings is 2. The molecule has 0 radical (unpaired) electrons. The summed E-state index contributed by atoms with van der Waals surface area (Å²) in [5.74, 6) is -0.623. The van der Waals surface area contributed by atoms with Gasteiger partial charge >= 0.3 is 0 Å². The second-order valence-corrected chi connectivity index (χ2v) is 14.2. The molecule has 2 aromatic carbocycles. The fraction of sp³-hybridized carbons (Fsp3) is 0.412. The van der Waals surface area contributed by atoms with E-state index in [0.717, 1.165) is 56.8 Å². The van der Waals surface area contributed by atoms with Gasteiger partial charge < -0.3 is 19.8 Å². The monoisotopic (exact) mass is 641 g/mol. The van der Waals surface area contributed by atoms with Gasteiger partial charge in [-0.15, -0.1) is 0 Å². The molecule has 9 nitrogen and oxygen atoms in total. The van der Waals surface area contributed by atoms with Gasteiger partial charge in [-0.3, -0.25) is 9.69 Å². The zero-order valence-electron chi connectivity index (χ0n) is 25.6. The molecule has 4 aliphatic rings. The van der Waals surface area contributed by atoms with Crippen LogP contribution in [0.25, 0.3) is 22.2 Å². The van der Waals surface area contributed by atoms with Crippen LogP contribution in [0.5, 0.6) is 0 Å². The maximum Gasteiger partial charge on any atom is 0.239 e. The first kappa shape index (κ1) is 29.2. The number of likely N-dealkylation sites (N-methyl/N-ethyl adjacent to an activating group) is 1. The third kappa shape index (κ3) is 4.55. The lowest BCUT2D eigenvalue weighted by Gasteiger charge is -2.61. The fourth-order valence-corrected chi connectivity index (χ4v) is 8.64. The van der Waals surface area contributed by atoms with E-state index in [0.29, 0.717) is 50.9 Å². The standard InChI is InChI=1S/C34H33F2N7O2S/c1-40-11-3-4-25(40)32(45)43-17-34(18-43)15-42(16-34)21-12-23-29(24(36)13-21)38-30-22(9-10-26(30)44)31(23)41(2)33-39-28(27(14-37)46-33)19-5-7-20(35)8-6-19/h5-8,12-13,25-26,44H,3-4,9-11,15-18H2,1-2H3/t25-,26?/m1/s1. The van der Waals surface area contributed by atoms with Crippen molar-refractivity contribution in [3.05, 3.63) is 64.2 Å². The van der Waals surface area contributed by atoms with E-state index in [1.165, 1.54) is 29.5 Å². The second-order valence-electron chi connectivity index (χ2n) is 13.2. The Balaban J connectivity index is 1.12. The van der Waals surface area contributed by atoms with Crippen LogP contribution in [0.1, 0.15) is 41.5 Å². The molecule has 4 aromatic rings. The zero-order chi connectivity index (χ0) is 31.9. The van der Waals surface area contributed by atoms with Crippen molar-refractivity contribution in [2.24, 2.45) is 5.41 Å². The average molecular weight is 642 g/mol. The van der Waals surface area contributed by atoms with Crippen molar-refractivity contribution < 1.29 is 18.7 Å². The first-order valence-corrected chi connectivity index (χ1v) is 16.4. The SMILES string of the molecule is CN(c1nc(-c2ccc(F)cc2)c(C#N)s1)c1c2c(nc3c(F)cc(N4CC5(CN(C(=O)[C@H]6CCCN6C)C5)C4)cc13)C(O)CC2. The summed E-state index contributed by atoms with van der Waals surface area (Å²) < 4.78 is 29.5. The van der Waals surface area contributed by atoms with E-state index in [-0.39, 0.29) is 28.7 Å². The number of fused-ring (bicyclic) bond motifs is 2. The van der Waals surface area contributed by atoms with Crippen molar-refractivity contribution in [3.63, 3.8) is 0 Å². The molecule has 3 saturated heterocycles. The smallest absolute Gasteiger partial charge is 0.239 e. The van der Waals surface area contributed by atoms with Crippen LogP contribution in [0.15, 0.2) is 36.4 Å². The van der Waals surface area contributed by atoms with Crippen molar-refractivity contribution in [1.29, 1.82) is 5.26 Å². The molecule has 3 fully saturated rings. The van der Waals surface area contributed by atoms with Gasteiger partial charge in [-0.25, -0.2) is 18.7 Å². The normalized spacial score (nSPS) is 21.7. The summed E-state index contributed by atoms with van der Waals surface area (Å²) in [6.45, 7) is 3.89. The lowest BCUT2D eigenvalue weighted by atomic mass is 9.72. The summed E-state index contributed by atoms with van der Waals surface area (Å²) >= 11 is 1.21. The van der Waals surface area contributed by atoms with Crippen LogP contribution in [0, 0.1) is 28.4 Å². The highest BCUT2D eigenvalue weighted by Crippen LogP contribution is 2.48. The van der Waals surface area contributed by atoms with Crippen molar-refractivity contribution in [1.82, 2.24) is 19.8 Å². The Morgan fingerprint density at radius 3 is 2.59 bits per heavy atom. The molecule has 1 aliphatic carbocycles. The maximum absolute atomic E-state index is 15.9. The Bertz CT molecular complexity index is 1930. The Morgan fingerprint density at radius 1 is 1.13 bits per heavy atom. The van der Waals surface area contributed by atoms with Gasteiger partial charge in [0.25, 0.3) is 0 Å². The number of hydrogen-bond acceptors (Lipinski definition) is 9. The average Bonchev–Trinajstić information content (AvgIpc) is 3.73. The number of pyridine rings is 1. The molecule has 46 heavy (non-hydrogen) atoms. The van der Waals surface area contributed by atoms with Crippen LogP contribution in [-0.2, 0) is 11.2 Å². The Kier molecular flexibility index (Phi) is 6.79. The lowest BCUT2D eigenvalue weighted by Crippen LogP contribution is -2.74. The van der Waals surface area contributed by atoms with E-state index in [9.17, 15) is 19.6 Å². The molecule has 0 bridgehead atoms. The second kappa shape index (κ2) is 10.7. The van der Waals surface area contributed by atoms with Gasteiger partial charge in [0.05, 0.1) is 23.5 Å². The summed E-state index contributed by atoms with van der Waals surface area (Å²) in [5, 5.41) is 21.8. The lowest BCUT2D eigenvalue weighted by molar-refractivity contribution is -0.149. The number of aliphatic hydroxyl groups excluding tert-OH is 1. The van der Waals surface area contributed by atoms with Gasteiger partial charge in [0.2, 0.25) is 5.91 Å². The number of aliphatic hydroxyl groups is 1. The van der Waals surface area contributed by atoms with Crippen LogP contribution in [-0.4, -0.2) is 83.6 Å². The van der Waals surface area contributed by atoms with Crippen molar-refractivity contribution in [3.8, 4) is 17.3 Å². The molecule has 5 heterocycles. The molecule has 1 spiro atoms. The fourth-order valence-electron chi connectivity index (χ4n) is 7.78. The number of anilines is 3. The molecule has 0 saturated carbocycles. The Hall–Kier alpha value is -4.18. The third-order valence-electron chi connectivity index (χ3n) is 10.2. The molecule has 1 unspecified atom stereocenters. The van der Waals surface area contributed by atoms with E-state index in [1.54, 1.807) is 12.1 Å². The van der Waals surface area contributed by atoms with Crippen LogP contribution in [0.4, 0.5) is 25.3 Å². The van der Waals surface area contributed by atoms with Crippen LogP contribution in [0.2, 0.25) is 0 Å². The minimum absolute atomic E-state index is 0.0138. The number of thiazole rings is 1. The number of carbonyl (C=O) groups is 1. The van der Waals surface area contributed by atoms with Crippen LogP contribution < -0.4 is 9.80 Å². The maximum atomic E-state index is 15.9. The zero-order valence-corrected chi connectivity index (χ0v) is 26.4. The van der Waals surface area contributed by atoms with Crippen LogP contribution in [0.3, 0.4) is 0 Å². The molecule has 1 N–H and O–H groups in total. The number of nitrogens with zero attached hydrogens (tertiary/aromatic N) is 7. The van der Waals surface area contributed by atoms with Crippen molar-refractivity contribution in [2.45, 2.75) is 37.8 Å². The van der Waals surface area contributed by atoms with Gasteiger partial charge in [-0.05, 0) is 75.7 Å². The molecule has 2 aromatic heterocycles. The molecular formula is C34H33F2N7O2S. The third-order valence-corrected chi connectivity index (χ3v) is 11.2. The summed E-state index contributed by atoms with van der Waals surface area (Å²) in [4.78, 5) is 30.9. The van der Waals surface area contributed by atoms with Crippen LogP contribution >= 0.6 is 11.3 Å². The molecule has 2 atom stereocenters. The van der Waals surface area contributed by atoms with E-state index in [1.807, 2.05) is 30.0 Å². The number of aromatic nitrogens is 2. The number of likely N-dealkylation sites (tertiary alicyclic amines) is 2. The first-order valence-electron chi connectivity index (χ1n) is 15.6. The highest BCUT2D eigenvalue weighted by molar-refractivity contribution is 7.16. The molecule has 8 rings (SSSR count). The number of hydrogen-bond donors (Lipinski definition) is 1. The highest BCUT2D eigenvalue weighted by atomic mass is 32.1. The predicted octanol–water partition coefficient (Wildman–Crippen LogP) is 5.00. The number of nitriles is 1. The Morgan fingerprint density at radius 2 is 1.89 bits per heavy atom. The first-order chi connectivity index (χ1) is 22.1. The number of halogens is 2. The van der Waals surface area contributed by atoms with E-state index < -0.39 is 11.9 Å². The molecular weight excluding hydrogens is 608 g/mol. The topological polar surface area (TPSA) is 99.8 Å². The van der Waals surface area contributed by atoms with E-state index in [2.05, 4.69) is 20.9 Å². The van der Waals surface area contributed by atoms with E-state index >= 15 is 4.39 Å². The molecule has 1 amide bonds. The van der Waals surface area contributed by atoms with Gasteiger partial charge in [0.1, 0.15) is 28.0 Å². The quantitative estimate of drug-likeness (QED) is 0.325. The van der Waals surface area contributed by atoms with Gasteiger partial charge in [-0.1, -0.05) is 11.3 Å². The van der Waals surface area contributed by atoms with Gasteiger partial charge in [0, 0.05) is 60.8 Å². The largest absolute Gasteiger partial charge is 0.387 e. The summed E-state index contributed by atoms with van der Waals surface area (Å²) in [6.07, 6.45) is 2.23. The highest BCUT2D eigenvalue weighted by Gasteiger charge is 2.54. The molecule has 236 valence electrons. The van der Waals surface area contributed by atoms with Crippen molar-refractivity contribution in [2.75, 3.05) is 56.6 Å². The predicted molar refractivity (Wildman–Crippen MR) is 172 cm³/mol. The molecule has 12 heteroatoms. The van der Waals surface area contributed by atoms with E-state index in [4.69, 9.17) is 4.98 Å². The number of amides is 1. The summed E-state index contributed by atoms with van der Waals surface area (Å²) in [5.41, 5.74) is 4.04. The summed E-state index contributed by atoms with van der Waals surface area (Å²) in [6, 6.07) is 11.5. The Labute approximate surface area is 269 Å². The number of rotatable bonds is 5. The summed E-state index contributed by atoms with van der Waals surface area (Å²) in [7, 11) is 3.85.